The van der Waals surface area contributed by atoms with E-state index >= 15 is 0 Å². The zero-order valence-corrected chi connectivity index (χ0v) is 30.6. The van der Waals surface area contributed by atoms with Crippen molar-refractivity contribution in [2.24, 2.45) is 0 Å². The van der Waals surface area contributed by atoms with Crippen LogP contribution in [-0.4, -0.2) is 19.9 Å². The molecule has 0 saturated carbocycles. The average molecular weight is 717 g/mol. The largest absolute Gasteiger partial charge is 0.264 e. The summed E-state index contributed by atoms with van der Waals surface area (Å²) < 4.78 is 0. The molecule has 56 heavy (non-hydrogen) atoms. The second-order valence-electron chi connectivity index (χ2n) is 13.5. The molecule has 0 aliphatic rings. The Hall–Kier alpha value is -7.56. The van der Waals surface area contributed by atoms with Crippen LogP contribution in [0.25, 0.3) is 67.6 Å². The molecule has 7 aromatic carbocycles. The summed E-state index contributed by atoms with van der Waals surface area (Å²) >= 11 is 0. The van der Waals surface area contributed by atoms with Crippen LogP contribution in [0.4, 0.5) is 0 Å². The van der Waals surface area contributed by atoms with Gasteiger partial charge in [0.1, 0.15) is 0 Å². The molecule has 4 heteroatoms. The number of pyridine rings is 1. The van der Waals surface area contributed by atoms with Gasteiger partial charge in [-0.05, 0) is 80.4 Å². The fourth-order valence-corrected chi connectivity index (χ4v) is 7.14. The molecule has 0 aliphatic carbocycles. The first-order chi connectivity index (χ1) is 27.8. The summed E-state index contributed by atoms with van der Waals surface area (Å²) in [6, 6.07) is 71.7. The van der Waals surface area contributed by atoms with Crippen molar-refractivity contribution < 1.29 is 0 Å². The molecule has 2 aromatic heterocycles. The minimum absolute atomic E-state index is 0.598. The van der Waals surface area contributed by atoms with Crippen molar-refractivity contribution in [3.05, 3.63) is 241 Å². The minimum Gasteiger partial charge on any atom is -0.264 e. The molecule has 0 saturated heterocycles. The summed E-state index contributed by atoms with van der Waals surface area (Å²) in [6.07, 6.45) is 3.70. The number of hydrogen-bond acceptors (Lipinski definition) is 4. The van der Waals surface area contributed by atoms with Gasteiger partial charge in [-0.25, -0.2) is 15.0 Å². The van der Waals surface area contributed by atoms with Crippen LogP contribution in [0.1, 0.15) is 22.3 Å². The van der Waals surface area contributed by atoms with Crippen molar-refractivity contribution in [1.82, 2.24) is 19.9 Å². The standard InChI is InChI=1S/C52H36N4/c1-6-18-37(19-7-1)48(38-20-8-2-9-21-38)49(39-22-10-3-11-23-39)43-29-16-28-42(32-43)45-33-46(44-30-17-31-53-36-44)35-47(34-45)52-55-50(40-24-12-4-13-25-40)54-51(56-52)41-26-14-5-15-27-41/h1-36H. The van der Waals surface area contributed by atoms with Crippen LogP contribution < -0.4 is 0 Å². The van der Waals surface area contributed by atoms with Gasteiger partial charge in [-0.1, -0.05) is 176 Å². The summed E-state index contributed by atoms with van der Waals surface area (Å²) in [7, 11) is 0. The van der Waals surface area contributed by atoms with Gasteiger partial charge in [-0.2, -0.15) is 0 Å². The molecule has 2 heterocycles. The summed E-state index contributed by atoms with van der Waals surface area (Å²) in [5, 5.41) is 0. The van der Waals surface area contributed by atoms with Gasteiger partial charge in [0.2, 0.25) is 0 Å². The molecule has 4 nitrogen and oxygen atoms in total. The predicted octanol–water partition coefficient (Wildman–Crippen LogP) is 12.6. The molecular weight excluding hydrogens is 681 g/mol. The topological polar surface area (TPSA) is 51.6 Å². The van der Waals surface area contributed by atoms with Gasteiger partial charge in [0.15, 0.2) is 17.5 Å². The summed E-state index contributed by atoms with van der Waals surface area (Å²) in [6.45, 7) is 0. The Morgan fingerprint density at radius 1 is 0.268 bits per heavy atom. The van der Waals surface area contributed by atoms with Gasteiger partial charge in [0, 0.05) is 34.6 Å². The zero-order valence-electron chi connectivity index (χ0n) is 30.6. The molecule has 264 valence electrons. The van der Waals surface area contributed by atoms with Gasteiger partial charge >= 0.3 is 0 Å². The van der Waals surface area contributed by atoms with Crippen LogP contribution in [-0.2, 0) is 0 Å². The van der Waals surface area contributed by atoms with Crippen LogP contribution >= 0.6 is 0 Å². The number of benzene rings is 7. The Labute approximate surface area is 327 Å². The molecule has 0 amide bonds. The fraction of sp³-hybridized carbons (Fsp3) is 0. The first-order valence-corrected chi connectivity index (χ1v) is 18.7. The Morgan fingerprint density at radius 2 is 0.643 bits per heavy atom. The molecule has 9 rings (SSSR count). The summed E-state index contributed by atoms with van der Waals surface area (Å²) in [4.78, 5) is 19.6. The highest BCUT2D eigenvalue weighted by Crippen LogP contribution is 2.39. The molecule has 0 N–H and O–H groups in total. The maximum atomic E-state index is 5.10. The SMILES string of the molecule is c1ccc(C(=C(c2ccccc2)c2cccc(-c3cc(-c4cccnc4)cc(-c4nc(-c5ccccc5)nc(-c5ccccc5)n4)c3)c2)c2ccccc2)cc1. The van der Waals surface area contributed by atoms with Crippen LogP contribution in [0.15, 0.2) is 219 Å². The number of hydrogen-bond donors (Lipinski definition) is 0. The normalized spacial score (nSPS) is 10.9. The first kappa shape index (κ1) is 34.2. The average Bonchev–Trinajstić information content (AvgIpc) is 3.29. The number of aromatic nitrogens is 4. The van der Waals surface area contributed by atoms with Crippen molar-refractivity contribution in [3.63, 3.8) is 0 Å². The van der Waals surface area contributed by atoms with Crippen LogP contribution in [0.5, 0.6) is 0 Å². The second kappa shape index (κ2) is 15.8. The van der Waals surface area contributed by atoms with E-state index in [-0.39, 0.29) is 0 Å². The van der Waals surface area contributed by atoms with Crippen molar-refractivity contribution in [1.29, 1.82) is 0 Å². The highest BCUT2D eigenvalue weighted by Gasteiger charge is 2.18. The number of rotatable bonds is 9. The van der Waals surface area contributed by atoms with E-state index in [1.807, 2.05) is 72.9 Å². The second-order valence-corrected chi connectivity index (χ2v) is 13.5. The van der Waals surface area contributed by atoms with Gasteiger partial charge in [-0.3, -0.25) is 4.98 Å². The molecule has 0 radical (unpaired) electrons. The quantitative estimate of drug-likeness (QED) is 0.140. The van der Waals surface area contributed by atoms with Gasteiger partial charge in [0.25, 0.3) is 0 Å². The third kappa shape index (κ3) is 7.32. The van der Waals surface area contributed by atoms with Crippen LogP contribution in [0, 0.1) is 0 Å². The highest BCUT2D eigenvalue weighted by atomic mass is 15.0. The Bertz CT molecular complexity index is 2650. The van der Waals surface area contributed by atoms with Crippen LogP contribution in [0.3, 0.4) is 0 Å². The lowest BCUT2D eigenvalue weighted by Gasteiger charge is -2.19. The summed E-state index contributed by atoms with van der Waals surface area (Å²) in [5.74, 6) is 1.84. The van der Waals surface area contributed by atoms with E-state index in [1.165, 1.54) is 5.57 Å². The van der Waals surface area contributed by atoms with E-state index < -0.39 is 0 Å². The van der Waals surface area contributed by atoms with E-state index in [0.717, 1.165) is 66.8 Å². The van der Waals surface area contributed by atoms with Crippen molar-refractivity contribution in [2.45, 2.75) is 0 Å². The van der Waals surface area contributed by atoms with Gasteiger partial charge < -0.3 is 0 Å². The molecule has 0 fully saturated rings. The molecule has 0 spiro atoms. The molecule has 0 bridgehead atoms. The van der Waals surface area contributed by atoms with Crippen LogP contribution in [0.2, 0.25) is 0 Å². The van der Waals surface area contributed by atoms with E-state index in [4.69, 9.17) is 15.0 Å². The zero-order chi connectivity index (χ0) is 37.5. The molecular formula is C52H36N4. The smallest absolute Gasteiger partial charge is 0.164 e. The number of nitrogens with zero attached hydrogens (tertiary/aromatic N) is 4. The van der Waals surface area contributed by atoms with E-state index in [2.05, 4.69) is 145 Å². The lowest BCUT2D eigenvalue weighted by molar-refractivity contribution is 1.07. The fourth-order valence-electron chi connectivity index (χ4n) is 7.14. The molecule has 0 atom stereocenters. The van der Waals surface area contributed by atoms with E-state index in [9.17, 15) is 0 Å². The van der Waals surface area contributed by atoms with E-state index in [0.29, 0.717) is 17.5 Å². The molecule has 0 aliphatic heterocycles. The Balaban J connectivity index is 1.26. The first-order valence-electron chi connectivity index (χ1n) is 18.7. The molecule has 9 aromatic rings. The maximum Gasteiger partial charge on any atom is 0.164 e. The lowest BCUT2D eigenvalue weighted by Crippen LogP contribution is -2.00. The Morgan fingerprint density at radius 3 is 1.12 bits per heavy atom. The van der Waals surface area contributed by atoms with Crippen molar-refractivity contribution in [2.75, 3.05) is 0 Å². The maximum absolute atomic E-state index is 5.10. The van der Waals surface area contributed by atoms with Crippen molar-refractivity contribution in [3.8, 4) is 56.4 Å². The molecule has 0 unspecified atom stereocenters. The van der Waals surface area contributed by atoms with E-state index in [1.54, 1.807) is 6.20 Å². The lowest BCUT2D eigenvalue weighted by atomic mass is 9.85. The Kier molecular flexibility index (Phi) is 9.66. The van der Waals surface area contributed by atoms with Gasteiger partial charge in [-0.15, -0.1) is 0 Å². The van der Waals surface area contributed by atoms with Crippen molar-refractivity contribution >= 4 is 11.1 Å². The van der Waals surface area contributed by atoms with Gasteiger partial charge in [0.05, 0.1) is 0 Å². The summed E-state index contributed by atoms with van der Waals surface area (Å²) in [5.41, 5.74) is 13.8. The predicted molar refractivity (Wildman–Crippen MR) is 229 cm³/mol. The third-order valence-electron chi connectivity index (χ3n) is 9.81. The monoisotopic (exact) mass is 716 g/mol. The highest BCUT2D eigenvalue weighted by molar-refractivity contribution is 6.05. The minimum atomic E-state index is 0.598. The third-order valence-corrected chi connectivity index (χ3v) is 9.81.